The molecule has 2 amide bonds. The molecule has 0 atom stereocenters. The van der Waals surface area contributed by atoms with Crippen LogP contribution in [0.1, 0.15) is 22.8 Å². The summed E-state index contributed by atoms with van der Waals surface area (Å²) in [5, 5.41) is 8.73. The van der Waals surface area contributed by atoms with E-state index in [2.05, 4.69) is 20.9 Å². The topological polar surface area (TPSA) is 83.1 Å². The molecule has 3 N–H and O–H groups in total. The van der Waals surface area contributed by atoms with Crippen molar-refractivity contribution in [1.29, 1.82) is 0 Å². The van der Waals surface area contributed by atoms with Gasteiger partial charge in [0.15, 0.2) is 0 Å². The molecule has 0 saturated carbocycles. The van der Waals surface area contributed by atoms with E-state index >= 15 is 0 Å². The predicted molar refractivity (Wildman–Crippen MR) is 107 cm³/mol. The van der Waals surface area contributed by atoms with Crippen LogP contribution < -0.4 is 16.0 Å². The maximum atomic E-state index is 12.3. The molecule has 0 radical (unpaired) electrons. The summed E-state index contributed by atoms with van der Waals surface area (Å²) >= 11 is 0. The van der Waals surface area contributed by atoms with Gasteiger partial charge < -0.3 is 16.0 Å². The van der Waals surface area contributed by atoms with E-state index in [4.69, 9.17) is 0 Å². The molecule has 2 aromatic carbocycles. The number of rotatable bonds is 5. The largest absolute Gasteiger partial charge is 0.340 e. The molecule has 6 heteroatoms. The molecule has 27 heavy (non-hydrogen) atoms. The minimum Gasteiger partial charge on any atom is -0.340 e. The number of carbonyl (C=O) groups excluding carboxylic acids is 2. The zero-order chi connectivity index (χ0) is 19.2. The summed E-state index contributed by atoms with van der Waals surface area (Å²) in [7, 11) is 0. The molecule has 0 aliphatic rings. The Balaban J connectivity index is 1.62. The fourth-order valence-electron chi connectivity index (χ4n) is 2.56. The van der Waals surface area contributed by atoms with Crippen molar-refractivity contribution in [3.63, 3.8) is 0 Å². The molecule has 0 bridgehead atoms. The van der Waals surface area contributed by atoms with E-state index < -0.39 is 0 Å². The Kier molecular flexibility index (Phi) is 5.47. The maximum absolute atomic E-state index is 12.3. The van der Waals surface area contributed by atoms with Crippen LogP contribution in [0.5, 0.6) is 0 Å². The number of nitrogens with zero attached hydrogens (tertiary/aromatic N) is 1. The van der Waals surface area contributed by atoms with E-state index in [9.17, 15) is 9.59 Å². The summed E-state index contributed by atoms with van der Waals surface area (Å²) in [5.74, 6) is 0.376. The highest BCUT2D eigenvalue weighted by Gasteiger charge is 2.08. The van der Waals surface area contributed by atoms with Crippen LogP contribution in [0.2, 0.25) is 0 Å². The second-order valence-corrected chi connectivity index (χ2v) is 6.08. The van der Waals surface area contributed by atoms with E-state index in [1.165, 1.54) is 6.92 Å². The van der Waals surface area contributed by atoms with Crippen LogP contribution in [0.15, 0.2) is 66.9 Å². The lowest BCUT2D eigenvalue weighted by Crippen LogP contribution is -2.13. The van der Waals surface area contributed by atoms with E-state index in [1.807, 2.05) is 37.3 Å². The van der Waals surface area contributed by atoms with Crippen LogP contribution >= 0.6 is 0 Å². The quantitative estimate of drug-likeness (QED) is 0.632. The van der Waals surface area contributed by atoms with Crippen LogP contribution in [0.3, 0.4) is 0 Å². The highest BCUT2D eigenvalue weighted by molar-refractivity contribution is 6.05. The van der Waals surface area contributed by atoms with E-state index in [1.54, 1.807) is 36.5 Å². The molecule has 3 aromatic rings. The molecule has 0 spiro atoms. The first kappa shape index (κ1) is 18.1. The summed E-state index contributed by atoms with van der Waals surface area (Å²) in [6.45, 7) is 3.37. The molecule has 1 aromatic heterocycles. The van der Waals surface area contributed by atoms with E-state index in [0.717, 1.165) is 16.9 Å². The smallest absolute Gasteiger partial charge is 0.255 e. The highest BCUT2D eigenvalue weighted by atomic mass is 16.2. The third-order valence-electron chi connectivity index (χ3n) is 3.89. The predicted octanol–water partition coefficient (Wildman–Crippen LogP) is 4.34. The number of aromatic nitrogens is 1. The van der Waals surface area contributed by atoms with Crippen molar-refractivity contribution in [2.24, 2.45) is 0 Å². The zero-order valence-corrected chi connectivity index (χ0v) is 15.1. The molecular formula is C21H20N4O2. The molecule has 0 saturated heterocycles. The van der Waals surface area contributed by atoms with Crippen LogP contribution in [-0.2, 0) is 4.79 Å². The minimum atomic E-state index is -0.163. The van der Waals surface area contributed by atoms with Gasteiger partial charge in [-0.1, -0.05) is 18.2 Å². The number of amides is 2. The van der Waals surface area contributed by atoms with Crippen molar-refractivity contribution in [2.45, 2.75) is 13.8 Å². The molecule has 0 fully saturated rings. The average Bonchev–Trinajstić information content (AvgIpc) is 2.65. The number of carbonyl (C=O) groups is 2. The van der Waals surface area contributed by atoms with Crippen molar-refractivity contribution in [3.8, 4) is 0 Å². The fraction of sp³-hybridized carbons (Fsp3) is 0.0952. The first-order chi connectivity index (χ1) is 13.0. The maximum Gasteiger partial charge on any atom is 0.255 e. The number of hydrogen-bond donors (Lipinski definition) is 3. The minimum absolute atomic E-state index is 0.110. The van der Waals surface area contributed by atoms with Gasteiger partial charge in [0, 0.05) is 23.9 Å². The molecular weight excluding hydrogens is 340 g/mol. The summed E-state index contributed by atoms with van der Waals surface area (Å²) in [4.78, 5) is 27.7. The van der Waals surface area contributed by atoms with E-state index in [-0.39, 0.29) is 11.8 Å². The van der Waals surface area contributed by atoms with Crippen molar-refractivity contribution >= 4 is 34.7 Å². The van der Waals surface area contributed by atoms with E-state index in [0.29, 0.717) is 17.1 Å². The molecule has 0 unspecified atom stereocenters. The molecule has 0 aliphatic heterocycles. The van der Waals surface area contributed by atoms with Gasteiger partial charge in [-0.2, -0.15) is 0 Å². The van der Waals surface area contributed by atoms with Crippen LogP contribution in [0.25, 0.3) is 0 Å². The van der Waals surface area contributed by atoms with Gasteiger partial charge in [-0.25, -0.2) is 4.98 Å². The summed E-state index contributed by atoms with van der Waals surface area (Å²) in [6, 6.07) is 18.3. The second kappa shape index (κ2) is 8.14. The zero-order valence-electron chi connectivity index (χ0n) is 15.1. The standard InChI is InChI=1S/C21H20N4O2/c1-14-5-3-4-6-19(14)21(27)25-18-11-12-20(22-13-18)24-17-9-7-16(8-10-17)23-15(2)26/h3-13H,1-2H3,(H,22,24)(H,23,26)(H,25,27). The fourth-order valence-corrected chi connectivity index (χ4v) is 2.56. The Hall–Kier alpha value is -3.67. The first-order valence-electron chi connectivity index (χ1n) is 8.49. The second-order valence-electron chi connectivity index (χ2n) is 6.08. The number of aryl methyl sites for hydroxylation is 1. The summed E-state index contributed by atoms with van der Waals surface area (Å²) in [6.07, 6.45) is 1.60. The molecule has 6 nitrogen and oxygen atoms in total. The van der Waals surface area contributed by atoms with Gasteiger partial charge in [0.25, 0.3) is 5.91 Å². The number of pyridine rings is 1. The van der Waals surface area contributed by atoms with Crippen molar-refractivity contribution in [1.82, 2.24) is 4.98 Å². The third-order valence-corrected chi connectivity index (χ3v) is 3.89. The van der Waals surface area contributed by atoms with Gasteiger partial charge in [-0.05, 0) is 55.0 Å². The van der Waals surface area contributed by atoms with Gasteiger partial charge in [0.1, 0.15) is 5.82 Å². The lowest BCUT2D eigenvalue weighted by atomic mass is 10.1. The normalized spacial score (nSPS) is 10.1. The lowest BCUT2D eigenvalue weighted by Gasteiger charge is -2.09. The number of nitrogens with one attached hydrogen (secondary N) is 3. The van der Waals surface area contributed by atoms with Gasteiger partial charge in [0.05, 0.1) is 11.9 Å². The molecule has 3 rings (SSSR count). The van der Waals surface area contributed by atoms with Gasteiger partial charge >= 0.3 is 0 Å². The number of anilines is 4. The van der Waals surface area contributed by atoms with Gasteiger partial charge in [-0.3, -0.25) is 9.59 Å². The van der Waals surface area contributed by atoms with Crippen molar-refractivity contribution in [2.75, 3.05) is 16.0 Å². The van der Waals surface area contributed by atoms with Crippen LogP contribution in [-0.4, -0.2) is 16.8 Å². The van der Waals surface area contributed by atoms with Crippen molar-refractivity contribution in [3.05, 3.63) is 78.0 Å². The Labute approximate surface area is 157 Å². The lowest BCUT2D eigenvalue weighted by molar-refractivity contribution is -0.114. The summed E-state index contributed by atoms with van der Waals surface area (Å²) < 4.78 is 0. The third kappa shape index (κ3) is 4.92. The first-order valence-corrected chi connectivity index (χ1v) is 8.49. The Morgan fingerprint density at radius 3 is 2.11 bits per heavy atom. The monoisotopic (exact) mass is 360 g/mol. The van der Waals surface area contributed by atoms with Crippen LogP contribution in [0.4, 0.5) is 22.9 Å². The SMILES string of the molecule is CC(=O)Nc1ccc(Nc2ccc(NC(=O)c3ccccc3C)cn2)cc1. The molecule has 0 aliphatic carbocycles. The number of benzene rings is 2. The van der Waals surface area contributed by atoms with Gasteiger partial charge in [0.2, 0.25) is 5.91 Å². The van der Waals surface area contributed by atoms with Gasteiger partial charge in [-0.15, -0.1) is 0 Å². The number of hydrogen-bond acceptors (Lipinski definition) is 4. The van der Waals surface area contributed by atoms with Crippen molar-refractivity contribution < 1.29 is 9.59 Å². The molecule has 136 valence electrons. The molecule has 1 heterocycles. The Morgan fingerprint density at radius 2 is 1.48 bits per heavy atom. The average molecular weight is 360 g/mol. The Morgan fingerprint density at radius 1 is 0.815 bits per heavy atom. The summed E-state index contributed by atoms with van der Waals surface area (Å²) in [5.41, 5.74) is 3.75. The van der Waals surface area contributed by atoms with Crippen LogP contribution in [0, 0.1) is 6.92 Å². The Bertz CT molecular complexity index is 951. The highest BCUT2D eigenvalue weighted by Crippen LogP contribution is 2.19.